The van der Waals surface area contributed by atoms with Crippen LogP contribution in [0.25, 0.3) is 0 Å². The fourth-order valence-corrected chi connectivity index (χ4v) is 1.70. The maximum absolute atomic E-state index is 10.5. The van der Waals surface area contributed by atoms with Crippen molar-refractivity contribution in [2.45, 2.75) is 0 Å². The Morgan fingerprint density at radius 2 is 1.22 bits per heavy atom. The van der Waals surface area contributed by atoms with E-state index in [1.165, 1.54) is 0 Å². The van der Waals surface area contributed by atoms with E-state index in [1.807, 2.05) is 60.7 Å². The van der Waals surface area contributed by atoms with Crippen LogP contribution < -0.4 is 0 Å². The van der Waals surface area contributed by atoms with Crippen LogP contribution >= 0.6 is 0 Å². The largest absolute Gasteiger partial charge is 0.334 e. The third-order valence-corrected chi connectivity index (χ3v) is 2.52. The van der Waals surface area contributed by atoms with Gasteiger partial charge >= 0.3 is 10.5 Å². The Balaban J connectivity index is 2.56. The molecule has 2 rings (SSSR count). The third-order valence-electron chi connectivity index (χ3n) is 2.30. The fraction of sp³-hybridized carbons (Fsp3) is 0. The lowest BCUT2D eigenvalue weighted by Gasteiger charge is -2.04. The average Bonchev–Trinajstić information content (AvgIpc) is 2.41. The number of nitrogens with zero attached hydrogens (tertiary/aromatic N) is 2. The van der Waals surface area contributed by atoms with E-state index in [0.717, 1.165) is 11.1 Å². The molecule has 0 radical (unpaired) electrons. The van der Waals surface area contributed by atoms with Crippen LogP contribution in [0.2, 0.25) is 0 Å². The minimum atomic E-state index is -2.55. The molecule has 4 nitrogen and oxygen atoms in total. The molecule has 18 heavy (non-hydrogen) atoms. The Morgan fingerprint density at radius 1 is 0.778 bits per heavy atom. The van der Waals surface area contributed by atoms with Crippen molar-refractivity contribution in [3.63, 3.8) is 0 Å². The SMILES string of the molecule is O=S(=O)=NN=C(c1ccccc1)c1ccccc1. The molecule has 0 aliphatic carbocycles. The van der Waals surface area contributed by atoms with E-state index in [-0.39, 0.29) is 0 Å². The number of benzene rings is 2. The van der Waals surface area contributed by atoms with Gasteiger partial charge in [-0.1, -0.05) is 60.7 Å². The van der Waals surface area contributed by atoms with Gasteiger partial charge < -0.3 is 0 Å². The maximum atomic E-state index is 10.5. The molecule has 2 aromatic rings. The zero-order valence-corrected chi connectivity index (χ0v) is 10.2. The number of rotatable bonds is 3. The maximum Gasteiger partial charge on any atom is 0.334 e. The molecule has 0 unspecified atom stereocenters. The van der Waals surface area contributed by atoms with E-state index in [9.17, 15) is 8.42 Å². The van der Waals surface area contributed by atoms with Crippen LogP contribution in [0.3, 0.4) is 0 Å². The van der Waals surface area contributed by atoms with Gasteiger partial charge in [0.05, 0.1) is 0 Å². The van der Waals surface area contributed by atoms with Crippen molar-refractivity contribution >= 4 is 16.2 Å². The smallest absolute Gasteiger partial charge is 0.162 e. The Hall–Kier alpha value is -2.27. The molecule has 0 saturated heterocycles. The predicted octanol–water partition coefficient (Wildman–Crippen LogP) is 2.50. The van der Waals surface area contributed by atoms with Gasteiger partial charge in [-0.3, -0.25) is 0 Å². The first-order valence-electron chi connectivity index (χ1n) is 5.26. The second kappa shape index (κ2) is 5.88. The van der Waals surface area contributed by atoms with Crippen molar-refractivity contribution in [1.29, 1.82) is 0 Å². The molecule has 0 spiro atoms. The minimum Gasteiger partial charge on any atom is -0.162 e. The molecule has 0 bridgehead atoms. The lowest BCUT2D eigenvalue weighted by molar-refractivity contribution is 0.621. The Bertz CT molecular complexity index is 628. The quantitative estimate of drug-likeness (QED) is 0.627. The highest BCUT2D eigenvalue weighted by Gasteiger charge is 2.05. The van der Waals surface area contributed by atoms with Crippen LogP contribution in [0.15, 0.2) is 70.2 Å². The molecule has 5 heteroatoms. The second-order valence-corrected chi connectivity index (χ2v) is 4.08. The van der Waals surface area contributed by atoms with Gasteiger partial charge in [0.1, 0.15) is 5.71 Å². The molecular weight excluding hydrogens is 248 g/mol. The highest BCUT2D eigenvalue weighted by Crippen LogP contribution is 2.10. The van der Waals surface area contributed by atoms with Gasteiger partial charge in [-0.25, -0.2) is 0 Å². The van der Waals surface area contributed by atoms with E-state index >= 15 is 0 Å². The third kappa shape index (κ3) is 3.11. The topological polar surface area (TPSA) is 58.9 Å². The molecule has 0 aromatic heterocycles. The molecular formula is C13H10N2O2S. The summed E-state index contributed by atoms with van der Waals surface area (Å²) < 4.78 is 24.2. The first-order chi connectivity index (χ1) is 8.77. The Labute approximate surface area is 106 Å². The van der Waals surface area contributed by atoms with Crippen LogP contribution in [0.1, 0.15) is 11.1 Å². The number of hydrogen-bond acceptors (Lipinski definition) is 3. The van der Waals surface area contributed by atoms with Gasteiger partial charge in [-0.2, -0.15) is 8.42 Å². The van der Waals surface area contributed by atoms with Crippen LogP contribution in [-0.4, -0.2) is 14.1 Å². The Kier molecular flexibility index (Phi) is 3.98. The number of hydrogen-bond donors (Lipinski definition) is 0. The summed E-state index contributed by atoms with van der Waals surface area (Å²) in [6.45, 7) is 0. The van der Waals surface area contributed by atoms with Gasteiger partial charge in [0.15, 0.2) is 0 Å². The molecule has 0 atom stereocenters. The molecule has 0 heterocycles. The zero-order chi connectivity index (χ0) is 12.8. The van der Waals surface area contributed by atoms with E-state index < -0.39 is 10.5 Å². The van der Waals surface area contributed by atoms with Gasteiger partial charge in [0.25, 0.3) is 0 Å². The molecule has 0 amide bonds. The highest BCUT2D eigenvalue weighted by atomic mass is 32.2. The van der Waals surface area contributed by atoms with Gasteiger partial charge in [0.2, 0.25) is 0 Å². The summed E-state index contributed by atoms with van der Waals surface area (Å²) in [6, 6.07) is 18.6. The summed E-state index contributed by atoms with van der Waals surface area (Å²) in [7, 11) is -2.55. The molecule has 0 N–H and O–H groups in total. The predicted molar refractivity (Wildman–Crippen MR) is 69.9 cm³/mol. The van der Waals surface area contributed by atoms with Crippen LogP contribution in [0.4, 0.5) is 0 Å². The van der Waals surface area contributed by atoms with Crippen molar-refractivity contribution < 1.29 is 8.42 Å². The fourth-order valence-electron chi connectivity index (χ4n) is 1.55. The monoisotopic (exact) mass is 258 g/mol. The van der Waals surface area contributed by atoms with Crippen molar-refractivity contribution in [3.05, 3.63) is 71.8 Å². The normalized spacial score (nSPS) is 9.56. The first-order valence-corrected chi connectivity index (χ1v) is 6.29. The second-order valence-electron chi connectivity index (χ2n) is 3.48. The van der Waals surface area contributed by atoms with Gasteiger partial charge in [-0.15, -0.1) is 5.10 Å². The van der Waals surface area contributed by atoms with Crippen LogP contribution in [-0.2, 0) is 10.5 Å². The van der Waals surface area contributed by atoms with E-state index in [2.05, 4.69) is 9.57 Å². The van der Waals surface area contributed by atoms with Crippen molar-refractivity contribution in [3.8, 4) is 0 Å². The molecule has 90 valence electrons. The average molecular weight is 258 g/mol. The Morgan fingerprint density at radius 3 is 1.61 bits per heavy atom. The standard InChI is InChI=1S/C13H10N2O2S/c16-18(17)15-14-13(11-7-3-1-4-8-11)12-9-5-2-6-10-12/h1-10H. The van der Waals surface area contributed by atoms with Crippen LogP contribution in [0, 0.1) is 0 Å². The van der Waals surface area contributed by atoms with Crippen molar-refractivity contribution in [1.82, 2.24) is 0 Å². The summed E-state index contributed by atoms with van der Waals surface area (Å²) in [5.74, 6) is 0. The van der Waals surface area contributed by atoms with E-state index in [0.29, 0.717) is 5.71 Å². The lowest BCUT2D eigenvalue weighted by atomic mass is 10.0. The van der Waals surface area contributed by atoms with Crippen molar-refractivity contribution in [2.24, 2.45) is 9.57 Å². The van der Waals surface area contributed by atoms with Gasteiger partial charge in [0, 0.05) is 11.1 Å². The van der Waals surface area contributed by atoms with Crippen molar-refractivity contribution in [2.75, 3.05) is 0 Å². The molecule has 0 aliphatic heterocycles. The molecule has 0 saturated carbocycles. The summed E-state index contributed by atoms with van der Waals surface area (Å²) in [4.78, 5) is 0. The van der Waals surface area contributed by atoms with E-state index in [1.54, 1.807) is 0 Å². The summed E-state index contributed by atoms with van der Waals surface area (Å²) >= 11 is 0. The van der Waals surface area contributed by atoms with E-state index in [4.69, 9.17) is 0 Å². The minimum absolute atomic E-state index is 0.528. The molecule has 2 aromatic carbocycles. The zero-order valence-electron chi connectivity index (χ0n) is 9.39. The lowest BCUT2D eigenvalue weighted by Crippen LogP contribution is -2.02. The van der Waals surface area contributed by atoms with Crippen LogP contribution in [0.5, 0.6) is 0 Å². The highest BCUT2D eigenvalue weighted by molar-refractivity contribution is 7.61. The summed E-state index contributed by atoms with van der Waals surface area (Å²) in [5.41, 5.74) is 2.16. The first kappa shape index (κ1) is 12.2. The summed E-state index contributed by atoms with van der Waals surface area (Å²) in [6.07, 6.45) is 0. The molecule has 0 fully saturated rings. The molecule has 0 aliphatic rings. The van der Waals surface area contributed by atoms with Gasteiger partial charge in [-0.05, 0) is 4.47 Å². The summed E-state index contributed by atoms with van der Waals surface area (Å²) in [5, 5.41) is 3.79.